The van der Waals surface area contributed by atoms with E-state index in [1.165, 1.54) is 0 Å². The predicted molar refractivity (Wildman–Crippen MR) is 71.5 cm³/mol. The smallest absolute Gasteiger partial charge is 0.128 e. The van der Waals surface area contributed by atoms with Gasteiger partial charge in [0.2, 0.25) is 0 Å². The first-order valence-corrected chi connectivity index (χ1v) is 6.22. The Kier molecular flexibility index (Phi) is 2.34. The average molecular weight is 241 g/mol. The summed E-state index contributed by atoms with van der Waals surface area (Å²) in [7, 11) is 0. The number of aromatic hydroxyl groups is 1. The highest BCUT2D eigenvalue weighted by molar-refractivity contribution is 7.21. The SMILES string of the molecule is Cc1cccc(O)c1-c1nc2ccccc2s1. The first-order chi connectivity index (χ1) is 8.25. The van der Waals surface area contributed by atoms with Crippen molar-refractivity contribution in [1.82, 2.24) is 4.98 Å². The van der Waals surface area contributed by atoms with Crippen molar-refractivity contribution >= 4 is 21.6 Å². The second kappa shape index (κ2) is 3.86. The van der Waals surface area contributed by atoms with E-state index in [-0.39, 0.29) is 0 Å². The van der Waals surface area contributed by atoms with E-state index in [0.29, 0.717) is 5.75 Å². The first-order valence-electron chi connectivity index (χ1n) is 5.40. The molecule has 0 fully saturated rings. The molecule has 0 aliphatic heterocycles. The van der Waals surface area contributed by atoms with E-state index >= 15 is 0 Å². The summed E-state index contributed by atoms with van der Waals surface area (Å²) in [6, 6.07) is 13.6. The molecule has 2 nitrogen and oxygen atoms in total. The van der Waals surface area contributed by atoms with Crippen LogP contribution in [0.25, 0.3) is 20.8 Å². The number of fused-ring (bicyclic) bond motifs is 1. The largest absolute Gasteiger partial charge is 0.507 e. The molecule has 0 bridgehead atoms. The van der Waals surface area contributed by atoms with Crippen molar-refractivity contribution in [3.05, 3.63) is 48.0 Å². The fourth-order valence-electron chi connectivity index (χ4n) is 1.91. The number of thiazole rings is 1. The fraction of sp³-hybridized carbons (Fsp3) is 0.0714. The number of nitrogens with zero attached hydrogens (tertiary/aromatic N) is 1. The molecule has 17 heavy (non-hydrogen) atoms. The van der Waals surface area contributed by atoms with Crippen molar-refractivity contribution in [3.63, 3.8) is 0 Å². The third-order valence-corrected chi connectivity index (χ3v) is 3.81. The van der Waals surface area contributed by atoms with Crippen LogP contribution < -0.4 is 0 Å². The van der Waals surface area contributed by atoms with Crippen LogP contribution >= 0.6 is 11.3 Å². The van der Waals surface area contributed by atoms with Gasteiger partial charge in [-0.3, -0.25) is 0 Å². The second-order valence-corrected chi connectivity index (χ2v) is 4.99. The number of rotatable bonds is 1. The van der Waals surface area contributed by atoms with Gasteiger partial charge in [0.15, 0.2) is 0 Å². The molecule has 84 valence electrons. The monoisotopic (exact) mass is 241 g/mol. The van der Waals surface area contributed by atoms with Crippen LogP contribution in [0.1, 0.15) is 5.56 Å². The Morgan fingerprint density at radius 3 is 2.65 bits per heavy atom. The number of aryl methyl sites for hydroxylation is 1. The summed E-state index contributed by atoms with van der Waals surface area (Å²) in [5.74, 6) is 0.295. The van der Waals surface area contributed by atoms with E-state index in [1.807, 2.05) is 43.3 Å². The number of hydrogen-bond acceptors (Lipinski definition) is 3. The minimum atomic E-state index is 0.295. The Labute approximate surface area is 103 Å². The molecular formula is C14H11NOS. The van der Waals surface area contributed by atoms with Gasteiger partial charge in [-0.25, -0.2) is 4.98 Å². The Bertz CT molecular complexity index is 634. The Morgan fingerprint density at radius 2 is 1.88 bits per heavy atom. The number of hydrogen-bond donors (Lipinski definition) is 1. The van der Waals surface area contributed by atoms with Gasteiger partial charge in [0.05, 0.1) is 15.8 Å². The highest BCUT2D eigenvalue weighted by Gasteiger charge is 2.12. The molecule has 1 heterocycles. The standard InChI is InChI=1S/C14H11NOS/c1-9-5-4-7-11(16)13(9)14-15-10-6-2-3-8-12(10)17-14/h2-8,16H,1H3. The van der Waals surface area contributed by atoms with Gasteiger partial charge in [0.1, 0.15) is 10.8 Å². The summed E-state index contributed by atoms with van der Waals surface area (Å²) in [6.07, 6.45) is 0. The third kappa shape index (κ3) is 1.68. The van der Waals surface area contributed by atoms with Gasteiger partial charge in [-0.15, -0.1) is 11.3 Å². The second-order valence-electron chi connectivity index (χ2n) is 3.96. The van der Waals surface area contributed by atoms with Crippen molar-refractivity contribution in [2.24, 2.45) is 0 Å². The maximum atomic E-state index is 9.94. The molecule has 3 aromatic rings. The van der Waals surface area contributed by atoms with Crippen LogP contribution in [0, 0.1) is 6.92 Å². The zero-order chi connectivity index (χ0) is 11.8. The van der Waals surface area contributed by atoms with Crippen LogP contribution in [0.3, 0.4) is 0 Å². The summed E-state index contributed by atoms with van der Waals surface area (Å²) in [5.41, 5.74) is 2.87. The summed E-state index contributed by atoms with van der Waals surface area (Å²) in [6.45, 7) is 1.99. The molecule has 0 atom stereocenters. The highest BCUT2D eigenvalue weighted by Crippen LogP contribution is 2.36. The number of aromatic nitrogens is 1. The molecule has 1 N–H and O–H groups in total. The summed E-state index contributed by atoms with van der Waals surface area (Å²) >= 11 is 1.61. The van der Waals surface area contributed by atoms with E-state index in [2.05, 4.69) is 4.98 Å². The van der Waals surface area contributed by atoms with Crippen molar-refractivity contribution in [3.8, 4) is 16.3 Å². The molecule has 0 amide bonds. The number of para-hydroxylation sites is 1. The van der Waals surface area contributed by atoms with Crippen molar-refractivity contribution < 1.29 is 5.11 Å². The van der Waals surface area contributed by atoms with Crippen LogP contribution in [0.4, 0.5) is 0 Å². The van der Waals surface area contributed by atoms with Gasteiger partial charge >= 0.3 is 0 Å². The lowest BCUT2D eigenvalue weighted by Gasteiger charge is -2.03. The topological polar surface area (TPSA) is 33.1 Å². The molecule has 2 aromatic carbocycles. The quantitative estimate of drug-likeness (QED) is 0.699. The Morgan fingerprint density at radius 1 is 1.06 bits per heavy atom. The molecule has 0 aliphatic rings. The van der Waals surface area contributed by atoms with Crippen LogP contribution in [-0.4, -0.2) is 10.1 Å². The summed E-state index contributed by atoms with van der Waals surface area (Å²) in [4.78, 5) is 4.56. The van der Waals surface area contributed by atoms with Crippen molar-refractivity contribution in [2.75, 3.05) is 0 Å². The minimum absolute atomic E-state index is 0.295. The van der Waals surface area contributed by atoms with Gasteiger partial charge in [0.25, 0.3) is 0 Å². The van der Waals surface area contributed by atoms with Gasteiger partial charge in [0, 0.05) is 0 Å². The molecule has 0 radical (unpaired) electrons. The van der Waals surface area contributed by atoms with Crippen LogP contribution in [-0.2, 0) is 0 Å². The summed E-state index contributed by atoms with van der Waals surface area (Å²) in [5, 5.41) is 10.8. The molecule has 0 spiro atoms. The van der Waals surface area contributed by atoms with Crippen LogP contribution in [0.15, 0.2) is 42.5 Å². The van der Waals surface area contributed by atoms with E-state index in [1.54, 1.807) is 17.4 Å². The molecule has 3 heteroatoms. The lowest BCUT2D eigenvalue weighted by molar-refractivity contribution is 0.477. The van der Waals surface area contributed by atoms with E-state index in [9.17, 15) is 5.11 Å². The molecule has 0 unspecified atom stereocenters. The predicted octanol–water partition coefficient (Wildman–Crippen LogP) is 3.98. The maximum Gasteiger partial charge on any atom is 0.128 e. The number of phenols is 1. The minimum Gasteiger partial charge on any atom is -0.507 e. The maximum absolute atomic E-state index is 9.94. The molecule has 0 aliphatic carbocycles. The van der Waals surface area contributed by atoms with Crippen molar-refractivity contribution in [1.29, 1.82) is 0 Å². The zero-order valence-corrected chi connectivity index (χ0v) is 10.2. The van der Waals surface area contributed by atoms with Crippen molar-refractivity contribution in [2.45, 2.75) is 6.92 Å². The molecule has 0 saturated carbocycles. The number of phenolic OH excluding ortho intramolecular Hbond substituents is 1. The van der Waals surface area contributed by atoms with Crippen LogP contribution in [0.5, 0.6) is 5.75 Å². The normalized spacial score (nSPS) is 10.9. The zero-order valence-electron chi connectivity index (χ0n) is 9.34. The molecule has 0 saturated heterocycles. The van der Waals surface area contributed by atoms with E-state index in [0.717, 1.165) is 26.4 Å². The third-order valence-electron chi connectivity index (χ3n) is 2.76. The van der Waals surface area contributed by atoms with Gasteiger partial charge in [-0.2, -0.15) is 0 Å². The molecular weight excluding hydrogens is 230 g/mol. The lowest BCUT2D eigenvalue weighted by Crippen LogP contribution is -1.82. The highest BCUT2D eigenvalue weighted by atomic mass is 32.1. The van der Waals surface area contributed by atoms with Gasteiger partial charge in [-0.05, 0) is 30.7 Å². The number of benzene rings is 2. The Hall–Kier alpha value is -1.87. The molecule has 3 rings (SSSR count). The average Bonchev–Trinajstić information content (AvgIpc) is 2.71. The molecule has 1 aromatic heterocycles. The van der Waals surface area contributed by atoms with Crippen LogP contribution in [0.2, 0.25) is 0 Å². The van der Waals surface area contributed by atoms with Gasteiger partial charge in [-0.1, -0.05) is 24.3 Å². The fourth-order valence-corrected chi connectivity index (χ4v) is 2.99. The first kappa shape index (κ1) is 10.3. The van der Waals surface area contributed by atoms with Gasteiger partial charge < -0.3 is 5.11 Å². The Balaban J connectivity index is 2.27. The lowest BCUT2D eigenvalue weighted by atomic mass is 10.1. The van der Waals surface area contributed by atoms with E-state index in [4.69, 9.17) is 0 Å². The van der Waals surface area contributed by atoms with E-state index < -0.39 is 0 Å². The summed E-state index contributed by atoms with van der Waals surface area (Å²) < 4.78 is 1.14.